The molecular formula is C50H67N7O7. The SMILES string of the molecule is CCn1c(-c2cnccc2COC)c2c3cc(ccc31)-c1cc(O)cc(c1)C[C@H](NC(=O)[C@H](C(C)C)N(C)C[C@H]1CCN(C3COC3)C1)C(=O)N1CCC[C@H](N1)C(=O)OCC(C)(C)C2. The maximum Gasteiger partial charge on any atom is 0.324 e. The Hall–Kier alpha value is -4.86. The molecule has 2 aromatic heterocycles. The highest BCUT2D eigenvalue weighted by Gasteiger charge is 2.39. The number of phenolic OH excluding ortho intramolecular Hbond substituents is 1. The molecule has 3 fully saturated rings. The van der Waals surface area contributed by atoms with E-state index in [4.69, 9.17) is 14.2 Å². The lowest BCUT2D eigenvalue weighted by Gasteiger charge is -2.37. The quantitative estimate of drug-likeness (QED) is 0.163. The van der Waals surface area contributed by atoms with Crippen molar-refractivity contribution in [2.24, 2.45) is 17.3 Å². The van der Waals surface area contributed by atoms with E-state index in [9.17, 15) is 19.5 Å². The summed E-state index contributed by atoms with van der Waals surface area (Å²) >= 11 is 0. The smallest absolute Gasteiger partial charge is 0.324 e. The number of carbonyl (C=O) groups is 3. The molecule has 6 heterocycles. The number of carbonyl (C=O) groups excluding carboxylic acids is 3. The van der Waals surface area contributed by atoms with Gasteiger partial charge in [0.2, 0.25) is 5.91 Å². The zero-order valence-electron chi connectivity index (χ0n) is 38.7. The fourth-order valence-electron chi connectivity index (χ4n) is 10.5. The Balaban J connectivity index is 1.17. The first kappa shape index (κ1) is 45.7. The van der Waals surface area contributed by atoms with Crippen molar-refractivity contribution in [3.8, 4) is 28.1 Å². The van der Waals surface area contributed by atoms with Crippen molar-refractivity contribution in [3.63, 3.8) is 0 Å². The first-order chi connectivity index (χ1) is 30.7. The van der Waals surface area contributed by atoms with Crippen LogP contribution in [0.4, 0.5) is 0 Å². The lowest BCUT2D eigenvalue weighted by molar-refractivity contribution is -0.155. The average Bonchev–Trinajstić information content (AvgIpc) is 3.82. The number of cyclic esters (lactones) is 1. The Morgan fingerprint density at radius 2 is 1.91 bits per heavy atom. The van der Waals surface area contributed by atoms with E-state index in [2.05, 4.69) is 69.1 Å². The Morgan fingerprint density at radius 3 is 2.64 bits per heavy atom. The zero-order valence-corrected chi connectivity index (χ0v) is 38.7. The van der Waals surface area contributed by atoms with Crippen LogP contribution in [-0.4, -0.2) is 132 Å². The van der Waals surface area contributed by atoms with Gasteiger partial charge in [-0.25, -0.2) is 5.43 Å². The van der Waals surface area contributed by atoms with Crippen molar-refractivity contribution in [2.75, 3.05) is 60.2 Å². The number of rotatable bonds is 11. The summed E-state index contributed by atoms with van der Waals surface area (Å²) < 4.78 is 19.5. The predicted molar refractivity (Wildman–Crippen MR) is 246 cm³/mol. The second-order valence-electron chi connectivity index (χ2n) is 19.7. The number of fused-ring (bicyclic) bond motifs is 6. The third-order valence-electron chi connectivity index (χ3n) is 13.7. The number of hydrazine groups is 1. The molecule has 0 unspecified atom stereocenters. The van der Waals surface area contributed by atoms with Gasteiger partial charge in [0.15, 0.2) is 0 Å². The number of hydrogen-bond donors (Lipinski definition) is 3. The molecule has 4 aliphatic heterocycles. The van der Waals surface area contributed by atoms with Gasteiger partial charge in [-0.1, -0.05) is 39.8 Å². The van der Waals surface area contributed by atoms with E-state index in [0.29, 0.717) is 56.5 Å². The van der Waals surface area contributed by atoms with Crippen LogP contribution in [-0.2, 0) is 54.6 Å². The molecule has 3 saturated heterocycles. The Bertz CT molecular complexity index is 2340. The minimum atomic E-state index is -0.992. The lowest BCUT2D eigenvalue weighted by atomic mass is 9.84. The van der Waals surface area contributed by atoms with Gasteiger partial charge in [0, 0.05) is 74.0 Å². The third kappa shape index (κ3) is 9.72. The van der Waals surface area contributed by atoms with E-state index >= 15 is 0 Å². The van der Waals surface area contributed by atoms with Crippen molar-refractivity contribution in [2.45, 2.75) is 104 Å². The lowest BCUT2D eigenvalue weighted by Crippen LogP contribution is -2.62. The minimum absolute atomic E-state index is 0.0339. The number of pyridine rings is 1. The van der Waals surface area contributed by atoms with E-state index in [1.54, 1.807) is 25.4 Å². The Morgan fingerprint density at radius 1 is 1.09 bits per heavy atom. The molecule has 344 valence electrons. The summed E-state index contributed by atoms with van der Waals surface area (Å²) in [7, 11) is 3.70. The van der Waals surface area contributed by atoms with Gasteiger partial charge in [-0.3, -0.25) is 34.2 Å². The van der Waals surface area contributed by atoms with Crippen LogP contribution in [0.2, 0.25) is 0 Å². The van der Waals surface area contributed by atoms with E-state index in [1.165, 1.54) is 5.01 Å². The van der Waals surface area contributed by atoms with E-state index < -0.39 is 29.5 Å². The van der Waals surface area contributed by atoms with Crippen LogP contribution in [0.3, 0.4) is 0 Å². The van der Waals surface area contributed by atoms with Gasteiger partial charge < -0.3 is 29.2 Å². The molecule has 14 heteroatoms. The molecule has 14 nitrogen and oxygen atoms in total. The van der Waals surface area contributed by atoms with E-state index in [-0.39, 0.29) is 36.5 Å². The fourth-order valence-corrected chi connectivity index (χ4v) is 10.5. The minimum Gasteiger partial charge on any atom is -0.508 e. The molecule has 0 radical (unpaired) electrons. The summed E-state index contributed by atoms with van der Waals surface area (Å²) in [4.78, 5) is 52.4. The largest absolute Gasteiger partial charge is 0.508 e. The monoisotopic (exact) mass is 878 g/mol. The van der Waals surface area contributed by atoms with Crippen LogP contribution in [0, 0.1) is 17.3 Å². The highest BCUT2D eigenvalue weighted by atomic mass is 16.5. The van der Waals surface area contributed by atoms with Crippen LogP contribution >= 0.6 is 0 Å². The van der Waals surface area contributed by atoms with Crippen molar-refractivity contribution < 1.29 is 33.7 Å². The number of benzene rings is 2. The van der Waals surface area contributed by atoms with Crippen LogP contribution < -0.4 is 10.7 Å². The highest BCUT2D eigenvalue weighted by molar-refractivity contribution is 5.95. The summed E-state index contributed by atoms with van der Waals surface area (Å²) in [5.41, 5.74) is 10.3. The average molecular weight is 878 g/mol. The number of methoxy groups -OCH3 is 1. The molecule has 0 spiro atoms. The van der Waals surface area contributed by atoms with Crippen LogP contribution in [0.15, 0.2) is 54.9 Å². The van der Waals surface area contributed by atoms with Crippen molar-refractivity contribution in [1.82, 2.24) is 35.1 Å². The number of hydrogen-bond acceptors (Lipinski definition) is 11. The van der Waals surface area contributed by atoms with Crippen molar-refractivity contribution in [1.29, 1.82) is 0 Å². The normalized spacial score (nSPS) is 22.7. The number of likely N-dealkylation sites (tertiary alicyclic amines) is 1. The predicted octanol–water partition coefficient (Wildman–Crippen LogP) is 5.57. The standard InChI is InChI=1S/C50H67N7O7/c1-8-56-44-12-11-34-22-39(44)40(46(56)41-24-51-15-13-35(41)27-62-7)23-50(4,5)30-64-49(61)42-10-9-16-57(53-42)48(60)43(20-33-18-36(34)21-38(58)19-33)52-47(59)45(31(2)3)54(6)25-32-14-17-55(26-32)37-28-63-29-37/h11-13,15,18-19,21-22,24,31-32,37,42-43,45,53,58H,8-10,14,16-17,20,23,25-30H2,1-7H3,(H,52,59)/t32-,42+,43+,45+/m1/s1. The summed E-state index contributed by atoms with van der Waals surface area (Å²) in [6.07, 6.45) is 6.54. The molecule has 0 aliphatic carbocycles. The first-order valence-corrected chi connectivity index (χ1v) is 23.2. The first-order valence-electron chi connectivity index (χ1n) is 23.2. The van der Waals surface area contributed by atoms with Gasteiger partial charge in [-0.05, 0) is 116 Å². The third-order valence-corrected chi connectivity index (χ3v) is 13.7. The second kappa shape index (κ2) is 19.3. The summed E-state index contributed by atoms with van der Waals surface area (Å²) in [6, 6.07) is 12.1. The number of amides is 2. The molecule has 2 aromatic carbocycles. The van der Waals surface area contributed by atoms with Crippen molar-refractivity contribution in [3.05, 3.63) is 71.5 Å². The number of aromatic nitrogens is 2. The maximum absolute atomic E-state index is 14.7. The number of ether oxygens (including phenoxy) is 3. The number of nitrogens with zero attached hydrogens (tertiary/aromatic N) is 5. The van der Waals surface area contributed by atoms with Gasteiger partial charge in [0.1, 0.15) is 17.8 Å². The molecular weight excluding hydrogens is 811 g/mol. The van der Waals surface area contributed by atoms with Gasteiger partial charge in [-0.15, -0.1) is 0 Å². The fraction of sp³-hybridized carbons (Fsp3) is 0.560. The van der Waals surface area contributed by atoms with Gasteiger partial charge in [0.05, 0.1) is 44.2 Å². The molecule has 8 rings (SSSR count). The molecule has 3 N–H and O–H groups in total. The number of likely N-dealkylation sites (N-methyl/N-ethyl adjacent to an activating group) is 1. The summed E-state index contributed by atoms with van der Waals surface area (Å²) in [6.45, 7) is 16.4. The van der Waals surface area contributed by atoms with Crippen LogP contribution in [0.5, 0.6) is 5.75 Å². The van der Waals surface area contributed by atoms with E-state index in [1.807, 2.05) is 39.2 Å². The molecule has 4 aliphatic rings. The van der Waals surface area contributed by atoms with E-state index in [0.717, 1.165) is 83.7 Å². The molecule has 4 aromatic rings. The van der Waals surface area contributed by atoms with Gasteiger partial charge in [-0.2, -0.15) is 0 Å². The molecule has 6 bridgehead atoms. The Kier molecular flexibility index (Phi) is 13.8. The summed E-state index contributed by atoms with van der Waals surface area (Å²) in [5.74, 6) is -0.548. The second-order valence-corrected chi connectivity index (χ2v) is 19.7. The molecule has 64 heavy (non-hydrogen) atoms. The number of nitrogens with one attached hydrogen (secondary N) is 2. The molecule has 4 atom stereocenters. The molecule has 2 amide bonds. The van der Waals surface area contributed by atoms with Gasteiger partial charge >= 0.3 is 5.97 Å². The topological polar surface area (TPSA) is 151 Å². The number of aryl methyl sites for hydroxylation is 1. The van der Waals surface area contributed by atoms with Crippen LogP contribution in [0.1, 0.15) is 70.6 Å². The van der Waals surface area contributed by atoms with Crippen LogP contribution in [0.25, 0.3) is 33.3 Å². The number of phenols is 1. The number of esters is 1. The zero-order chi connectivity index (χ0) is 45.3. The Labute approximate surface area is 377 Å². The highest BCUT2D eigenvalue weighted by Crippen LogP contribution is 2.41. The maximum atomic E-state index is 14.7. The number of aromatic hydroxyl groups is 1. The van der Waals surface area contributed by atoms with Gasteiger partial charge in [0.25, 0.3) is 5.91 Å². The molecule has 0 saturated carbocycles. The summed E-state index contributed by atoms with van der Waals surface area (Å²) in [5, 5.41) is 17.0. The van der Waals surface area contributed by atoms with Crippen molar-refractivity contribution >= 4 is 28.7 Å².